The van der Waals surface area contributed by atoms with E-state index in [1.807, 2.05) is 104 Å². The summed E-state index contributed by atoms with van der Waals surface area (Å²) in [6.45, 7) is 0. The molecule has 5 nitrogen and oxygen atoms in total. The quantitative estimate of drug-likeness (QED) is 0.121. The monoisotopic (exact) mass is 1200 g/mol. The van der Waals surface area contributed by atoms with E-state index in [2.05, 4.69) is 188 Å². The molecule has 0 aliphatic carbocycles. The number of hydrogen-bond acceptors (Lipinski definition) is 5. The molecule has 0 fully saturated rings. The first-order valence-electron chi connectivity index (χ1n) is 26.3. The normalized spacial score (nSPS) is 11.2. The fourth-order valence-electron chi connectivity index (χ4n) is 10.8. The minimum atomic E-state index is 0. The molecule has 9 aromatic carbocycles. The zero-order valence-electron chi connectivity index (χ0n) is 43.0. The maximum absolute atomic E-state index is 6.12. The van der Waals surface area contributed by atoms with Crippen molar-refractivity contribution in [1.82, 2.24) is 19.9 Å². The first kappa shape index (κ1) is 49.6. The summed E-state index contributed by atoms with van der Waals surface area (Å²) in [5, 5.41) is 1.80. The van der Waals surface area contributed by atoms with Gasteiger partial charge < -0.3 is 19.4 Å². The molecule has 5 heterocycles. The van der Waals surface area contributed by atoms with Crippen LogP contribution in [0.15, 0.2) is 278 Å². The molecule has 0 radical (unpaired) electrons. The van der Waals surface area contributed by atoms with Crippen LogP contribution in [0.1, 0.15) is 0 Å². The Morgan fingerprint density at radius 3 is 1.30 bits per heavy atom. The third kappa shape index (κ3) is 9.64. The van der Waals surface area contributed by atoms with Crippen molar-refractivity contribution in [3.8, 4) is 123 Å². The molecule has 14 rings (SSSR count). The minimum absolute atomic E-state index is 0. The van der Waals surface area contributed by atoms with Crippen LogP contribution in [0.5, 0.6) is 0 Å². The number of rotatable bonds is 11. The number of fused-ring (bicyclic) bond motifs is 3. The molecule has 0 bridgehead atoms. The molecular weight excluding hydrogens is 1150 g/mol. The van der Waals surface area contributed by atoms with E-state index in [9.17, 15) is 0 Å². The van der Waals surface area contributed by atoms with Crippen LogP contribution in [0.2, 0.25) is 0 Å². The Morgan fingerprint density at radius 1 is 0.287 bits per heavy atom. The van der Waals surface area contributed by atoms with Crippen LogP contribution in [0.3, 0.4) is 0 Å². The molecule has 0 N–H and O–H groups in total. The molecule has 0 aliphatic rings. The summed E-state index contributed by atoms with van der Waals surface area (Å²) in [5.74, 6) is 0. The number of furan rings is 1. The second-order valence-corrected chi connectivity index (χ2v) is 19.5. The number of para-hydroxylation sites is 1. The largest absolute Gasteiger partial charge is 3.00 e. The van der Waals surface area contributed by atoms with Gasteiger partial charge in [-0.3, -0.25) is 4.98 Å². The minimum Gasteiger partial charge on any atom is -0.482 e. The van der Waals surface area contributed by atoms with Gasteiger partial charge in [0.25, 0.3) is 0 Å². The number of pyridine rings is 4. The average molecular weight is 1200 g/mol. The summed E-state index contributed by atoms with van der Waals surface area (Å²) in [5.41, 5.74) is 23.6. The van der Waals surface area contributed by atoms with Crippen molar-refractivity contribution in [2.24, 2.45) is 0 Å². The molecule has 0 aliphatic heterocycles. The summed E-state index contributed by atoms with van der Waals surface area (Å²) in [7, 11) is 0. The fraction of sp³-hybridized carbons (Fsp3) is 0. The van der Waals surface area contributed by atoms with E-state index < -0.39 is 0 Å². The standard InChI is InChI=1S/C74H45N4O.Ir/c1-4-18-49(19-5-1)50-32-34-51(35-33-50)67-44-72(59-43-68-66-30-16-17-31-73(66)79-74(68)78-47-59)77-48-69(67)65-29-15-14-28-64(65)58-41-56(62-26-12-10-24-60(62)54-36-38-70(75-45-54)52-20-6-2-7-21-52)40-57(42-58)63-27-13-11-25-61(63)55-37-39-71(76-46-55)53-22-8-3-9-23-53;/h1-20,22,24-42,44-48H;/q-3;+3. The van der Waals surface area contributed by atoms with Crippen LogP contribution in [-0.2, 0) is 20.1 Å². The molecule has 376 valence electrons. The van der Waals surface area contributed by atoms with Crippen molar-refractivity contribution in [3.05, 3.63) is 292 Å². The molecule has 0 saturated carbocycles. The van der Waals surface area contributed by atoms with Gasteiger partial charge in [-0.1, -0.05) is 187 Å². The van der Waals surface area contributed by atoms with Gasteiger partial charge in [-0.25, -0.2) is 0 Å². The third-order valence-electron chi connectivity index (χ3n) is 14.7. The molecule has 0 amide bonds. The summed E-state index contributed by atoms with van der Waals surface area (Å²) in [6.07, 6.45) is 7.78. The zero-order valence-corrected chi connectivity index (χ0v) is 45.4. The van der Waals surface area contributed by atoms with Crippen molar-refractivity contribution in [2.45, 2.75) is 0 Å². The van der Waals surface area contributed by atoms with Crippen LogP contribution < -0.4 is 0 Å². The molecule has 80 heavy (non-hydrogen) atoms. The van der Waals surface area contributed by atoms with E-state index >= 15 is 0 Å². The Kier molecular flexibility index (Phi) is 13.5. The maximum Gasteiger partial charge on any atom is 3.00 e. The van der Waals surface area contributed by atoms with Crippen LogP contribution in [0.25, 0.3) is 145 Å². The number of hydrogen-bond donors (Lipinski definition) is 0. The van der Waals surface area contributed by atoms with E-state index in [1.165, 1.54) is 0 Å². The van der Waals surface area contributed by atoms with E-state index in [4.69, 9.17) is 24.4 Å². The Balaban J connectivity index is 0.00000605. The van der Waals surface area contributed by atoms with Gasteiger partial charge >= 0.3 is 20.1 Å². The number of nitrogens with zero attached hydrogens (tertiary/aromatic N) is 4. The molecule has 0 spiro atoms. The van der Waals surface area contributed by atoms with Gasteiger partial charge in [0.15, 0.2) is 5.71 Å². The zero-order chi connectivity index (χ0) is 52.5. The smallest absolute Gasteiger partial charge is 0.482 e. The Hall–Kier alpha value is -9.97. The van der Waals surface area contributed by atoms with Gasteiger partial charge in [-0.05, 0) is 131 Å². The third-order valence-corrected chi connectivity index (χ3v) is 14.7. The summed E-state index contributed by atoms with van der Waals surface area (Å²) in [6, 6.07) is 97.2. The van der Waals surface area contributed by atoms with Gasteiger partial charge in [-0.2, -0.15) is 0 Å². The Morgan fingerprint density at radius 2 is 0.750 bits per heavy atom. The van der Waals surface area contributed by atoms with Crippen LogP contribution >= 0.6 is 0 Å². The fourth-order valence-corrected chi connectivity index (χ4v) is 10.8. The Bertz CT molecular complexity index is 4360. The predicted molar refractivity (Wildman–Crippen MR) is 321 cm³/mol. The van der Waals surface area contributed by atoms with Crippen molar-refractivity contribution >= 4 is 22.1 Å². The molecular formula is C74H45IrN4O. The van der Waals surface area contributed by atoms with Crippen molar-refractivity contribution in [2.75, 3.05) is 0 Å². The number of aromatic nitrogens is 4. The predicted octanol–water partition coefficient (Wildman–Crippen LogP) is 18.9. The average Bonchev–Trinajstić information content (AvgIpc) is 3.98. The van der Waals surface area contributed by atoms with Crippen LogP contribution in [-0.4, -0.2) is 19.9 Å². The first-order chi connectivity index (χ1) is 39.1. The van der Waals surface area contributed by atoms with Crippen molar-refractivity contribution in [1.29, 1.82) is 0 Å². The molecule has 0 unspecified atom stereocenters. The van der Waals surface area contributed by atoms with Crippen LogP contribution in [0, 0.1) is 18.2 Å². The number of benzene rings is 9. The van der Waals surface area contributed by atoms with E-state index in [1.54, 1.807) is 0 Å². The van der Waals surface area contributed by atoms with Crippen LogP contribution in [0.4, 0.5) is 0 Å². The van der Waals surface area contributed by atoms with Crippen molar-refractivity contribution < 1.29 is 24.5 Å². The van der Waals surface area contributed by atoms with E-state index in [0.717, 1.165) is 139 Å². The molecule has 14 aromatic rings. The summed E-state index contributed by atoms with van der Waals surface area (Å²) in [4.78, 5) is 19.9. The van der Waals surface area contributed by atoms with Crippen molar-refractivity contribution in [3.63, 3.8) is 0 Å². The molecule has 6 heteroatoms. The second kappa shape index (κ2) is 21.8. The summed E-state index contributed by atoms with van der Waals surface area (Å²) >= 11 is 0. The van der Waals surface area contributed by atoms with Gasteiger partial charge in [0.1, 0.15) is 0 Å². The van der Waals surface area contributed by atoms with E-state index in [0.29, 0.717) is 5.71 Å². The van der Waals surface area contributed by atoms with Gasteiger partial charge in [0.05, 0.1) is 5.58 Å². The topological polar surface area (TPSA) is 64.7 Å². The molecule has 5 aromatic heterocycles. The van der Waals surface area contributed by atoms with E-state index in [-0.39, 0.29) is 20.1 Å². The SMILES string of the molecule is [Ir+3].[c-]1ccccc1-c1ccc(-c2ccccc2-c2cc(-c3ccccc3-c3ccc(-c4[c-]cccc4)nc3)cc(-c3ccccc3-c3cnc(-c4[c-]c5c(nc4)oc4ccccc45)cc3-c3ccc(-c4ccccc4)cc3)c2)cn1. The first-order valence-corrected chi connectivity index (χ1v) is 26.3. The maximum atomic E-state index is 6.12. The van der Waals surface area contributed by atoms with Gasteiger partial charge in [-0.15, -0.1) is 77.9 Å². The summed E-state index contributed by atoms with van der Waals surface area (Å²) < 4.78 is 6.12. The van der Waals surface area contributed by atoms with Gasteiger partial charge in [0.2, 0.25) is 0 Å². The van der Waals surface area contributed by atoms with Gasteiger partial charge in [0, 0.05) is 29.8 Å². The molecule has 0 saturated heterocycles. The molecule has 0 atom stereocenters. The Labute approximate surface area is 478 Å². The second-order valence-electron chi connectivity index (χ2n) is 19.5.